The van der Waals surface area contributed by atoms with Crippen molar-refractivity contribution in [3.63, 3.8) is 0 Å². The molecule has 0 aromatic carbocycles. The van der Waals surface area contributed by atoms with E-state index in [1.54, 1.807) is 11.3 Å². The summed E-state index contributed by atoms with van der Waals surface area (Å²) in [6.45, 7) is 3.23. The SMILES string of the molecule is CC(NCCc1ccc(Br)s1)c1ccc(Br)s1. The van der Waals surface area contributed by atoms with Crippen molar-refractivity contribution in [1.29, 1.82) is 0 Å². The molecule has 0 fully saturated rings. The van der Waals surface area contributed by atoms with E-state index in [-0.39, 0.29) is 0 Å². The van der Waals surface area contributed by atoms with E-state index in [2.05, 4.69) is 68.4 Å². The van der Waals surface area contributed by atoms with Crippen LogP contribution in [0.1, 0.15) is 22.7 Å². The Morgan fingerprint density at radius 1 is 1.12 bits per heavy atom. The van der Waals surface area contributed by atoms with Crippen LogP contribution in [-0.4, -0.2) is 6.54 Å². The lowest BCUT2D eigenvalue weighted by Gasteiger charge is -2.11. The summed E-state index contributed by atoms with van der Waals surface area (Å²) in [4.78, 5) is 2.80. The van der Waals surface area contributed by atoms with Gasteiger partial charge in [0.15, 0.2) is 0 Å². The Balaban J connectivity index is 1.78. The van der Waals surface area contributed by atoms with E-state index < -0.39 is 0 Å². The average molecular weight is 395 g/mol. The maximum atomic E-state index is 3.55. The monoisotopic (exact) mass is 393 g/mol. The van der Waals surface area contributed by atoms with Crippen molar-refractivity contribution in [2.24, 2.45) is 0 Å². The predicted molar refractivity (Wildman–Crippen MR) is 84.2 cm³/mol. The lowest BCUT2D eigenvalue weighted by Crippen LogP contribution is -2.20. The van der Waals surface area contributed by atoms with Crippen molar-refractivity contribution >= 4 is 54.5 Å². The van der Waals surface area contributed by atoms with Gasteiger partial charge in [-0.25, -0.2) is 0 Å². The predicted octanol–water partition coefficient (Wildman–Crippen LogP) is 5.23. The standard InChI is InChI=1S/C12H13Br2NS2/c1-8(10-3-5-12(14)17-10)15-7-6-9-2-4-11(13)16-9/h2-5,8,15H,6-7H2,1H3. The molecule has 0 saturated heterocycles. The summed E-state index contributed by atoms with van der Waals surface area (Å²) in [6, 6.07) is 9.00. The van der Waals surface area contributed by atoms with Gasteiger partial charge in [-0.15, -0.1) is 22.7 Å². The molecule has 17 heavy (non-hydrogen) atoms. The summed E-state index contributed by atoms with van der Waals surface area (Å²) in [5.74, 6) is 0. The molecule has 1 unspecified atom stereocenters. The third-order valence-electron chi connectivity index (χ3n) is 2.47. The second kappa shape index (κ2) is 6.48. The lowest BCUT2D eigenvalue weighted by atomic mass is 10.2. The molecule has 0 amide bonds. The molecule has 2 rings (SSSR count). The molecule has 1 atom stereocenters. The Bertz CT molecular complexity index is 478. The van der Waals surface area contributed by atoms with Crippen LogP contribution < -0.4 is 5.32 Å². The average Bonchev–Trinajstić information content (AvgIpc) is 2.88. The summed E-state index contributed by atoms with van der Waals surface area (Å²) in [7, 11) is 0. The van der Waals surface area contributed by atoms with E-state index in [0.29, 0.717) is 6.04 Å². The summed E-state index contributed by atoms with van der Waals surface area (Å²) < 4.78 is 2.41. The molecule has 1 N–H and O–H groups in total. The Morgan fingerprint density at radius 2 is 1.82 bits per heavy atom. The molecule has 2 aromatic rings. The molecule has 0 spiro atoms. The van der Waals surface area contributed by atoms with E-state index in [9.17, 15) is 0 Å². The maximum absolute atomic E-state index is 3.55. The molecule has 1 nitrogen and oxygen atoms in total. The van der Waals surface area contributed by atoms with Crippen molar-refractivity contribution in [3.8, 4) is 0 Å². The highest BCUT2D eigenvalue weighted by molar-refractivity contribution is 9.11. The van der Waals surface area contributed by atoms with E-state index in [4.69, 9.17) is 0 Å². The van der Waals surface area contributed by atoms with E-state index in [1.165, 1.54) is 17.3 Å². The van der Waals surface area contributed by atoms with Gasteiger partial charge >= 0.3 is 0 Å². The maximum Gasteiger partial charge on any atom is 0.0701 e. The minimum atomic E-state index is 0.426. The van der Waals surface area contributed by atoms with E-state index in [0.717, 1.165) is 13.0 Å². The van der Waals surface area contributed by atoms with Crippen LogP contribution in [0, 0.1) is 0 Å². The fourth-order valence-electron chi connectivity index (χ4n) is 1.56. The van der Waals surface area contributed by atoms with Gasteiger partial charge < -0.3 is 5.32 Å². The van der Waals surface area contributed by atoms with Gasteiger partial charge in [0, 0.05) is 22.3 Å². The first kappa shape index (κ1) is 13.7. The van der Waals surface area contributed by atoms with Gasteiger partial charge in [-0.1, -0.05) is 0 Å². The third kappa shape index (κ3) is 4.17. The first-order chi connectivity index (χ1) is 8.15. The van der Waals surface area contributed by atoms with Gasteiger partial charge in [0.25, 0.3) is 0 Å². The highest BCUT2D eigenvalue weighted by Gasteiger charge is 2.07. The molecular formula is C12H13Br2NS2. The smallest absolute Gasteiger partial charge is 0.0701 e. The molecule has 0 aliphatic rings. The Labute approximate surface area is 127 Å². The van der Waals surface area contributed by atoms with Gasteiger partial charge in [-0.05, 0) is 69.5 Å². The van der Waals surface area contributed by atoms with Crippen LogP contribution in [0.3, 0.4) is 0 Å². The van der Waals surface area contributed by atoms with Crippen LogP contribution >= 0.6 is 54.5 Å². The summed E-state index contributed by atoms with van der Waals surface area (Å²) in [5, 5.41) is 3.55. The Kier molecular flexibility index (Phi) is 5.24. The van der Waals surface area contributed by atoms with Crippen molar-refractivity contribution in [1.82, 2.24) is 5.32 Å². The zero-order chi connectivity index (χ0) is 12.3. The van der Waals surface area contributed by atoms with Gasteiger partial charge in [0.05, 0.1) is 7.57 Å². The van der Waals surface area contributed by atoms with Crippen molar-refractivity contribution in [2.45, 2.75) is 19.4 Å². The Morgan fingerprint density at radius 3 is 2.41 bits per heavy atom. The molecule has 92 valence electrons. The highest BCUT2D eigenvalue weighted by Crippen LogP contribution is 2.27. The summed E-state index contributed by atoms with van der Waals surface area (Å²) >= 11 is 10.6. The van der Waals surface area contributed by atoms with Crippen LogP contribution in [0.5, 0.6) is 0 Å². The normalized spacial score (nSPS) is 12.9. The fourth-order valence-corrected chi connectivity index (χ4v) is 4.49. The highest BCUT2D eigenvalue weighted by atomic mass is 79.9. The molecule has 2 heterocycles. The van der Waals surface area contributed by atoms with E-state index >= 15 is 0 Å². The minimum absolute atomic E-state index is 0.426. The number of hydrogen-bond acceptors (Lipinski definition) is 3. The quantitative estimate of drug-likeness (QED) is 0.732. The number of hydrogen-bond donors (Lipinski definition) is 1. The second-order valence-electron chi connectivity index (χ2n) is 3.77. The summed E-state index contributed by atoms with van der Waals surface area (Å²) in [5.41, 5.74) is 0. The van der Waals surface area contributed by atoms with Crippen molar-refractivity contribution < 1.29 is 0 Å². The molecule has 0 saturated carbocycles. The zero-order valence-corrected chi connectivity index (χ0v) is 14.2. The van der Waals surface area contributed by atoms with Gasteiger partial charge in [-0.3, -0.25) is 0 Å². The van der Waals surface area contributed by atoms with Crippen LogP contribution in [0.4, 0.5) is 0 Å². The topological polar surface area (TPSA) is 12.0 Å². The summed E-state index contributed by atoms with van der Waals surface area (Å²) in [6.07, 6.45) is 1.09. The zero-order valence-electron chi connectivity index (χ0n) is 9.37. The fraction of sp³-hybridized carbons (Fsp3) is 0.333. The van der Waals surface area contributed by atoms with Crippen molar-refractivity contribution in [2.75, 3.05) is 6.54 Å². The van der Waals surface area contributed by atoms with Crippen molar-refractivity contribution in [3.05, 3.63) is 41.6 Å². The molecule has 0 bridgehead atoms. The molecular weight excluding hydrogens is 382 g/mol. The second-order valence-corrected chi connectivity index (χ2v) is 8.82. The van der Waals surface area contributed by atoms with Gasteiger partial charge in [0.1, 0.15) is 0 Å². The number of thiophene rings is 2. The number of halogens is 2. The van der Waals surface area contributed by atoms with Crippen LogP contribution in [0.2, 0.25) is 0 Å². The third-order valence-corrected chi connectivity index (χ3v) is 5.96. The molecule has 0 aliphatic heterocycles. The van der Waals surface area contributed by atoms with Gasteiger partial charge in [-0.2, -0.15) is 0 Å². The minimum Gasteiger partial charge on any atom is -0.309 e. The molecule has 5 heteroatoms. The Hall–Kier alpha value is 0.320. The number of nitrogens with one attached hydrogen (secondary N) is 1. The number of rotatable bonds is 5. The molecule has 0 radical (unpaired) electrons. The largest absolute Gasteiger partial charge is 0.309 e. The first-order valence-electron chi connectivity index (χ1n) is 5.38. The van der Waals surface area contributed by atoms with Crippen LogP contribution in [-0.2, 0) is 6.42 Å². The lowest BCUT2D eigenvalue weighted by molar-refractivity contribution is 0.586. The van der Waals surface area contributed by atoms with Gasteiger partial charge in [0.2, 0.25) is 0 Å². The first-order valence-corrected chi connectivity index (χ1v) is 8.60. The van der Waals surface area contributed by atoms with Crippen LogP contribution in [0.25, 0.3) is 0 Å². The molecule has 2 aromatic heterocycles. The van der Waals surface area contributed by atoms with E-state index in [1.807, 2.05) is 11.3 Å². The van der Waals surface area contributed by atoms with Crippen LogP contribution in [0.15, 0.2) is 31.8 Å². The molecule has 0 aliphatic carbocycles.